The minimum Gasteiger partial charge on any atom is -0.378 e. The number of halogens is 1. The van der Waals surface area contributed by atoms with Gasteiger partial charge in [0.1, 0.15) is 0 Å². The zero-order valence-corrected chi connectivity index (χ0v) is 12.0. The maximum atomic E-state index is 12.0. The number of carbonyl (C=O) groups excluding carboxylic acids is 1. The Kier molecular flexibility index (Phi) is 6.97. The monoisotopic (exact) mass is 276 g/mol. The summed E-state index contributed by atoms with van der Waals surface area (Å²) in [6, 6.07) is 0.491. The average molecular weight is 277 g/mol. The van der Waals surface area contributed by atoms with Crippen molar-refractivity contribution in [3.63, 3.8) is 0 Å². The number of hydrogen-bond donors (Lipinski definition) is 1. The lowest BCUT2D eigenvalue weighted by Gasteiger charge is -2.23. The molecule has 0 aliphatic carbocycles. The SMILES string of the molecule is CNC1CCN(C(=O)CCC2CCCCO2)C1.Cl. The largest absolute Gasteiger partial charge is 0.378 e. The fourth-order valence-electron chi connectivity index (χ4n) is 2.70. The van der Waals surface area contributed by atoms with E-state index in [9.17, 15) is 4.79 Å². The summed E-state index contributed by atoms with van der Waals surface area (Å²) in [5.41, 5.74) is 0. The van der Waals surface area contributed by atoms with Crippen LogP contribution >= 0.6 is 12.4 Å². The molecule has 2 saturated heterocycles. The third kappa shape index (κ3) is 4.41. The standard InChI is InChI=1S/C13H24N2O2.ClH/c1-14-11-7-8-15(10-11)13(16)6-5-12-4-2-3-9-17-12;/h11-12,14H,2-10H2,1H3;1H. The van der Waals surface area contributed by atoms with Gasteiger partial charge in [-0.1, -0.05) is 0 Å². The fourth-order valence-corrected chi connectivity index (χ4v) is 2.70. The summed E-state index contributed by atoms with van der Waals surface area (Å²) in [5, 5.41) is 3.24. The number of nitrogens with one attached hydrogen (secondary N) is 1. The summed E-state index contributed by atoms with van der Waals surface area (Å²) in [6.45, 7) is 2.67. The maximum absolute atomic E-state index is 12.0. The highest BCUT2D eigenvalue weighted by Crippen LogP contribution is 2.18. The van der Waals surface area contributed by atoms with Gasteiger partial charge in [0.25, 0.3) is 0 Å². The molecule has 5 heteroatoms. The number of rotatable bonds is 4. The van der Waals surface area contributed by atoms with Crippen LogP contribution in [0, 0.1) is 0 Å². The molecule has 0 saturated carbocycles. The number of amides is 1. The molecule has 18 heavy (non-hydrogen) atoms. The number of hydrogen-bond acceptors (Lipinski definition) is 3. The number of likely N-dealkylation sites (tertiary alicyclic amines) is 1. The normalized spacial score (nSPS) is 27.9. The van der Waals surface area contributed by atoms with Gasteiger partial charge in [0.05, 0.1) is 6.10 Å². The second-order valence-electron chi connectivity index (χ2n) is 5.14. The Morgan fingerprint density at radius 3 is 2.83 bits per heavy atom. The summed E-state index contributed by atoms with van der Waals surface area (Å²) in [7, 11) is 1.97. The molecule has 2 heterocycles. The van der Waals surface area contributed by atoms with Gasteiger partial charge in [-0.25, -0.2) is 0 Å². The Labute approximate surface area is 116 Å². The summed E-state index contributed by atoms with van der Waals surface area (Å²) in [5.74, 6) is 0.303. The number of likely N-dealkylation sites (N-methyl/N-ethyl adjacent to an activating group) is 1. The predicted octanol–water partition coefficient (Wildman–Crippen LogP) is 1.58. The summed E-state index contributed by atoms with van der Waals surface area (Å²) in [6.07, 6.45) is 6.54. The molecule has 1 N–H and O–H groups in total. The number of carbonyl (C=O) groups is 1. The number of nitrogens with zero attached hydrogens (tertiary/aromatic N) is 1. The summed E-state index contributed by atoms with van der Waals surface area (Å²) in [4.78, 5) is 14.0. The van der Waals surface area contributed by atoms with Crippen molar-refractivity contribution >= 4 is 18.3 Å². The van der Waals surface area contributed by atoms with E-state index in [1.807, 2.05) is 11.9 Å². The lowest BCUT2D eigenvalue weighted by molar-refractivity contribution is -0.131. The maximum Gasteiger partial charge on any atom is 0.222 e. The summed E-state index contributed by atoms with van der Waals surface area (Å²) >= 11 is 0. The Hall–Kier alpha value is -0.320. The highest BCUT2D eigenvalue weighted by Gasteiger charge is 2.25. The minimum absolute atomic E-state index is 0. The van der Waals surface area contributed by atoms with Crippen LogP contribution in [0.4, 0.5) is 0 Å². The lowest BCUT2D eigenvalue weighted by Crippen LogP contribution is -2.34. The van der Waals surface area contributed by atoms with Gasteiger partial charge < -0.3 is 15.0 Å². The molecular formula is C13H25ClN2O2. The second-order valence-corrected chi connectivity index (χ2v) is 5.14. The first-order valence-corrected chi connectivity index (χ1v) is 6.86. The Balaban J connectivity index is 0.00000162. The van der Waals surface area contributed by atoms with Crippen molar-refractivity contribution in [2.75, 3.05) is 26.7 Å². The van der Waals surface area contributed by atoms with E-state index in [4.69, 9.17) is 4.74 Å². The summed E-state index contributed by atoms with van der Waals surface area (Å²) < 4.78 is 5.65. The molecule has 1 amide bonds. The first-order chi connectivity index (χ1) is 8.29. The van der Waals surface area contributed by atoms with Gasteiger partial charge in [-0.2, -0.15) is 0 Å². The van der Waals surface area contributed by atoms with Crippen LogP contribution in [0.3, 0.4) is 0 Å². The fraction of sp³-hybridized carbons (Fsp3) is 0.923. The van der Waals surface area contributed by atoms with Crippen molar-refractivity contribution in [3.05, 3.63) is 0 Å². The van der Waals surface area contributed by atoms with Crippen LogP contribution in [0.25, 0.3) is 0 Å². The molecular weight excluding hydrogens is 252 g/mol. The van der Waals surface area contributed by atoms with Crippen molar-refractivity contribution in [1.29, 1.82) is 0 Å². The van der Waals surface area contributed by atoms with Crippen LogP contribution in [0.15, 0.2) is 0 Å². The van der Waals surface area contributed by atoms with E-state index >= 15 is 0 Å². The number of ether oxygens (including phenoxy) is 1. The van der Waals surface area contributed by atoms with E-state index in [2.05, 4.69) is 5.32 Å². The smallest absolute Gasteiger partial charge is 0.222 e. The van der Waals surface area contributed by atoms with Crippen molar-refractivity contribution in [3.8, 4) is 0 Å². The third-order valence-electron chi connectivity index (χ3n) is 3.90. The van der Waals surface area contributed by atoms with Gasteiger partial charge in [-0.05, 0) is 39.2 Å². The van der Waals surface area contributed by atoms with E-state index in [0.717, 1.165) is 39.0 Å². The van der Waals surface area contributed by atoms with E-state index in [1.54, 1.807) is 0 Å². The topological polar surface area (TPSA) is 41.6 Å². The molecule has 0 radical (unpaired) electrons. The molecule has 2 aliphatic heterocycles. The molecule has 2 fully saturated rings. The molecule has 4 nitrogen and oxygen atoms in total. The molecule has 0 spiro atoms. The Morgan fingerprint density at radius 1 is 1.39 bits per heavy atom. The van der Waals surface area contributed by atoms with E-state index in [1.165, 1.54) is 12.8 Å². The Morgan fingerprint density at radius 2 is 2.22 bits per heavy atom. The van der Waals surface area contributed by atoms with E-state index in [-0.39, 0.29) is 12.4 Å². The molecule has 2 rings (SSSR count). The average Bonchev–Trinajstić information content (AvgIpc) is 2.86. The van der Waals surface area contributed by atoms with Crippen LogP contribution < -0.4 is 5.32 Å². The quantitative estimate of drug-likeness (QED) is 0.848. The molecule has 0 aromatic rings. The molecule has 2 unspecified atom stereocenters. The first kappa shape index (κ1) is 15.7. The van der Waals surface area contributed by atoms with Crippen molar-refractivity contribution in [2.24, 2.45) is 0 Å². The predicted molar refractivity (Wildman–Crippen MR) is 74.1 cm³/mol. The van der Waals surface area contributed by atoms with Crippen LogP contribution in [0.2, 0.25) is 0 Å². The van der Waals surface area contributed by atoms with Crippen molar-refractivity contribution in [2.45, 2.75) is 50.7 Å². The lowest BCUT2D eigenvalue weighted by atomic mass is 10.0. The van der Waals surface area contributed by atoms with Gasteiger partial charge in [0, 0.05) is 32.2 Å². The molecule has 0 bridgehead atoms. The minimum atomic E-state index is 0. The van der Waals surface area contributed by atoms with Crippen molar-refractivity contribution in [1.82, 2.24) is 10.2 Å². The van der Waals surface area contributed by atoms with Gasteiger partial charge >= 0.3 is 0 Å². The molecule has 2 aliphatic rings. The van der Waals surface area contributed by atoms with Crippen LogP contribution in [0.1, 0.15) is 38.5 Å². The zero-order valence-electron chi connectivity index (χ0n) is 11.2. The van der Waals surface area contributed by atoms with Gasteiger partial charge in [-0.15, -0.1) is 12.4 Å². The second kappa shape index (κ2) is 7.97. The molecule has 2 atom stereocenters. The van der Waals surface area contributed by atoms with Gasteiger partial charge in [0.15, 0.2) is 0 Å². The molecule has 0 aromatic carbocycles. The van der Waals surface area contributed by atoms with Gasteiger partial charge in [-0.3, -0.25) is 4.79 Å². The zero-order chi connectivity index (χ0) is 12.1. The highest BCUT2D eigenvalue weighted by molar-refractivity contribution is 5.85. The highest BCUT2D eigenvalue weighted by atomic mass is 35.5. The third-order valence-corrected chi connectivity index (χ3v) is 3.90. The van der Waals surface area contributed by atoms with E-state index < -0.39 is 0 Å². The van der Waals surface area contributed by atoms with Crippen LogP contribution in [-0.4, -0.2) is 49.7 Å². The van der Waals surface area contributed by atoms with Gasteiger partial charge in [0.2, 0.25) is 5.91 Å². The van der Waals surface area contributed by atoms with Crippen molar-refractivity contribution < 1.29 is 9.53 Å². The van der Waals surface area contributed by atoms with E-state index in [0.29, 0.717) is 24.5 Å². The molecule has 0 aromatic heterocycles. The first-order valence-electron chi connectivity index (χ1n) is 6.86. The van der Waals surface area contributed by atoms with Crippen LogP contribution in [0.5, 0.6) is 0 Å². The van der Waals surface area contributed by atoms with Crippen LogP contribution in [-0.2, 0) is 9.53 Å². The molecule has 106 valence electrons. The Bertz CT molecular complexity index is 257.